The SMILES string of the molecule is CN1CC(CC(N)=O)C[C@@H]2c3cccc4[nH]cc(c34)C[C@H]21. The highest BCUT2D eigenvalue weighted by molar-refractivity contribution is 5.88. The number of primary amides is 1. The minimum absolute atomic E-state index is 0.178. The summed E-state index contributed by atoms with van der Waals surface area (Å²) in [6.07, 6.45) is 4.83. The molecule has 1 fully saturated rings. The van der Waals surface area contributed by atoms with Crippen LogP contribution in [0.3, 0.4) is 0 Å². The number of nitrogens with zero attached hydrogens (tertiary/aromatic N) is 1. The molecule has 1 saturated heterocycles. The van der Waals surface area contributed by atoms with Gasteiger partial charge in [-0.2, -0.15) is 0 Å². The van der Waals surface area contributed by atoms with E-state index in [-0.39, 0.29) is 5.91 Å². The van der Waals surface area contributed by atoms with Crippen molar-refractivity contribution in [2.45, 2.75) is 31.2 Å². The molecular formula is C17H21N3O. The molecule has 4 heteroatoms. The van der Waals surface area contributed by atoms with Crippen LogP contribution in [0.25, 0.3) is 10.9 Å². The Morgan fingerprint density at radius 3 is 3.14 bits per heavy atom. The van der Waals surface area contributed by atoms with Gasteiger partial charge in [-0.05, 0) is 43.0 Å². The molecule has 3 atom stereocenters. The maximum Gasteiger partial charge on any atom is 0.217 e. The molecule has 1 aromatic carbocycles. The number of nitrogens with two attached hydrogens (primary N) is 1. The Morgan fingerprint density at radius 2 is 2.33 bits per heavy atom. The monoisotopic (exact) mass is 283 g/mol. The Bertz CT molecular complexity index is 705. The third-order valence-corrected chi connectivity index (χ3v) is 5.30. The lowest BCUT2D eigenvalue weighted by molar-refractivity contribution is -0.119. The van der Waals surface area contributed by atoms with Gasteiger partial charge in [0.1, 0.15) is 0 Å². The van der Waals surface area contributed by atoms with E-state index in [0.717, 1.165) is 19.4 Å². The number of aromatic nitrogens is 1. The Balaban J connectivity index is 1.76. The topological polar surface area (TPSA) is 62.1 Å². The van der Waals surface area contributed by atoms with Crippen LogP contribution < -0.4 is 5.73 Å². The number of H-pyrrole nitrogens is 1. The highest BCUT2D eigenvalue weighted by Gasteiger charge is 2.39. The number of hydrogen-bond acceptors (Lipinski definition) is 2. The summed E-state index contributed by atoms with van der Waals surface area (Å²) >= 11 is 0. The van der Waals surface area contributed by atoms with Crippen LogP contribution in [0.1, 0.15) is 29.9 Å². The quantitative estimate of drug-likeness (QED) is 0.885. The van der Waals surface area contributed by atoms with E-state index >= 15 is 0 Å². The lowest BCUT2D eigenvalue weighted by atomic mass is 9.72. The Morgan fingerprint density at radius 1 is 1.48 bits per heavy atom. The third-order valence-electron chi connectivity index (χ3n) is 5.30. The van der Waals surface area contributed by atoms with Gasteiger partial charge in [-0.15, -0.1) is 0 Å². The van der Waals surface area contributed by atoms with E-state index < -0.39 is 0 Å². The van der Waals surface area contributed by atoms with Gasteiger partial charge >= 0.3 is 0 Å². The molecule has 0 bridgehead atoms. The van der Waals surface area contributed by atoms with Gasteiger partial charge in [-0.3, -0.25) is 4.79 Å². The molecule has 2 aromatic rings. The lowest BCUT2D eigenvalue weighted by Crippen LogP contribution is -2.48. The molecular weight excluding hydrogens is 262 g/mol. The summed E-state index contributed by atoms with van der Waals surface area (Å²) in [6, 6.07) is 7.09. The zero-order valence-electron chi connectivity index (χ0n) is 12.3. The number of rotatable bonds is 2. The predicted octanol–water partition coefficient (Wildman–Crippen LogP) is 2.00. The van der Waals surface area contributed by atoms with Gasteiger partial charge in [0.15, 0.2) is 0 Å². The first-order valence-electron chi connectivity index (χ1n) is 7.71. The zero-order valence-corrected chi connectivity index (χ0v) is 12.3. The summed E-state index contributed by atoms with van der Waals surface area (Å²) in [5.74, 6) is 0.716. The number of nitrogens with one attached hydrogen (secondary N) is 1. The Kier molecular flexibility index (Phi) is 2.82. The molecule has 110 valence electrons. The van der Waals surface area contributed by atoms with Gasteiger partial charge in [0.05, 0.1) is 0 Å². The van der Waals surface area contributed by atoms with Crippen molar-refractivity contribution in [3.05, 3.63) is 35.5 Å². The second-order valence-corrected chi connectivity index (χ2v) is 6.67. The normalized spacial score (nSPS) is 28.5. The van der Waals surface area contributed by atoms with Crippen molar-refractivity contribution in [2.75, 3.05) is 13.6 Å². The third kappa shape index (κ3) is 1.97. The van der Waals surface area contributed by atoms with Gasteiger partial charge in [0, 0.05) is 42.0 Å². The lowest BCUT2D eigenvalue weighted by Gasteiger charge is -2.45. The summed E-state index contributed by atoms with van der Waals surface area (Å²) in [4.78, 5) is 17.1. The van der Waals surface area contributed by atoms with Crippen molar-refractivity contribution < 1.29 is 4.79 Å². The summed E-state index contributed by atoms with van der Waals surface area (Å²) in [6.45, 7) is 0.972. The fraction of sp³-hybridized carbons (Fsp3) is 0.471. The number of carbonyl (C=O) groups excluding carboxylic acids is 1. The van der Waals surface area contributed by atoms with Crippen LogP contribution in [0, 0.1) is 5.92 Å². The van der Waals surface area contributed by atoms with E-state index in [0.29, 0.717) is 24.3 Å². The Labute approximate surface area is 124 Å². The second kappa shape index (κ2) is 4.60. The second-order valence-electron chi connectivity index (χ2n) is 6.67. The maximum absolute atomic E-state index is 11.3. The van der Waals surface area contributed by atoms with Crippen molar-refractivity contribution in [1.29, 1.82) is 0 Å². The Hall–Kier alpha value is -1.81. The molecule has 1 aromatic heterocycles. The number of amides is 1. The van der Waals surface area contributed by atoms with Crippen molar-refractivity contribution in [1.82, 2.24) is 9.88 Å². The molecule has 1 aliphatic heterocycles. The first kappa shape index (κ1) is 12.9. The maximum atomic E-state index is 11.3. The average molecular weight is 283 g/mol. The fourth-order valence-corrected chi connectivity index (χ4v) is 4.49. The van der Waals surface area contributed by atoms with Crippen LogP contribution in [0.4, 0.5) is 0 Å². The van der Waals surface area contributed by atoms with Crippen LogP contribution in [0.15, 0.2) is 24.4 Å². The van der Waals surface area contributed by atoms with Crippen LogP contribution in [0.2, 0.25) is 0 Å². The molecule has 0 radical (unpaired) electrons. The van der Waals surface area contributed by atoms with Crippen molar-refractivity contribution in [3.8, 4) is 0 Å². The van der Waals surface area contributed by atoms with Crippen LogP contribution in [-0.4, -0.2) is 35.4 Å². The van der Waals surface area contributed by atoms with E-state index in [1.807, 2.05) is 0 Å². The summed E-state index contributed by atoms with van der Waals surface area (Å²) < 4.78 is 0. The molecule has 2 aliphatic rings. The molecule has 1 unspecified atom stereocenters. The van der Waals surface area contributed by atoms with E-state index in [4.69, 9.17) is 5.73 Å². The number of aromatic amines is 1. The molecule has 0 spiro atoms. The van der Waals surface area contributed by atoms with E-state index in [9.17, 15) is 4.79 Å². The number of hydrogen-bond donors (Lipinski definition) is 2. The number of likely N-dealkylation sites (tertiary alicyclic amines) is 1. The zero-order chi connectivity index (χ0) is 14.6. The highest BCUT2D eigenvalue weighted by Crippen LogP contribution is 2.44. The van der Waals surface area contributed by atoms with Crippen LogP contribution >= 0.6 is 0 Å². The molecule has 0 saturated carbocycles. The van der Waals surface area contributed by atoms with Crippen LogP contribution in [0.5, 0.6) is 0 Å². The summed E-state index contributed by atoms with van der Waals surface area (Å²) in [5, 5.41) is 1.41. The highest BCUT2D eigenvalue weighted by atomic mass is 16.1. The minimum Gasteiger partial charge on any atom is -0.370 e. The van der Waals surface area contributed by atoms with Gasteiger partial charge in [0.2, 0.25) is 5.91 Å². The number of benzene rings is 1. The van der Waals surface area contributed by atoms with Gasteiger partial charge in [-0.25, -0.2) is 0 Å². The number of piperidine rings is 1. The van der Waals surface area contributed by atoms with Gasteiger partial charge < -0.3 is 15.6 Å². The first-order valence-corrected chi connectivity index (χ1v) is 7.71. The smallest absolute Gasteiger partial charge is 0.217 e. The van der Waals surface area contributed by atoms with Gasteiger partial charge in [0.25, 0.3) is 0 Å². The predicted molar refractivity (Wildman–Crippen MR) is 83.1 cm³/mol. The molecule has 1 aliphatic carbocycles. The number of carbonyl (C=O) groups is 1. The summed E-state index contributed by atoms with van der Waals surface area (Å²) in [7, 11) is 2.18. The molecule has 21 heavy (non-hydrogen) atoms. The molecule has 4 rings (SSSR count). The first-order chi connectivity index (χ1) is 10.1. The van der Waals surface area contributed by atoms with Crippen molar-refractivity contribution in [2.24, 2.45) is 11.7 Å². The summed E-state index contributed by atoms with van der Waals surface area (Å²) in [5.41, 5.74) is 9.53. The number of fused-ring (bicyclic) bond motifs is 2. The van der Waals surface area contributed by atoms with Crippen molar-refractivity contribution in [3.63, 3.8) is 0 Å². The van der Waals surface area contributed by atoms with E-state index in [2.05, 4.69) is 41.3 Å². The largest absolute Gasteiger partial charge is 0.370 e. The molecule has 1 amide bonds. The molecule has 2 heterocycles. The standard InChI is InChI=1S/C17H21N3O/c1-20-9-10(6-16(18)21)5-13-12-3-2-4-14-17(12)11(8-19-14)7-15(13)20/h2-4,8,10,13,15,19H,5-7,9H2,1H3,(H2,18,21)/t10?,13-,15-/m1/s1. The van der Waals surface area contributed by atoms with Crippen LogP contribution in [-0.2, 0) is 11.2 Å². The van der Waals surface area contributed by atoms with Gasteiger partial charge in [-0.1, -0.05) is 12.1 Å². The number of likely N-dealkylation sites (N-methyl/N-ethyl adjacent to an activating group) is 1. The average Bonchev–Trinajstić information content (AvgIpc) is 2.84. The minimum atomic E-state index is -0.178. The van der Waals surface area contributed by atoms with E-state index in [1.54, 1.807) is 0 Å². The van der Waals surface area contributed by atoms with E-state index in [1.165, 1.54) is 22.0 Å². The van der Waals surface area contributed by atoms with Crippen molar-refractivity contribution >= 4 is 16.8 Å². The fourth-order valence-electron chi connectivity index (χ4n) is 4.49. The molecule has 3 N–H and O–H groups in total. The molecule has 4 nitrogen and oxygen atoms in total.